The molecule has 0 unspecified atom stereocenters. The van der Waals surface area contributed by atoms with Crippen molar-refractivity contribution in [1.82, 2.24) is 5.32 Å². The molecule has 0 saturated heterocycles. The van der Waals surface area contributed by atoms with Gasteiger partial charge in [0.2, 0.25) is 0 Å². The molecule has 96 valence electrons. The van der Waals surface area contributed by atoms with Gasteiger partial charge in [-0.2, -0.15) is 0 Å². The molecule has 0 radical (unpaired) electrons. The average Bonchev–Trinajstić information content (AvgIpc) is 3.11. The van der Waals surface area contributed by atoms with Crippen molar-refractivity contribution in [3.63, 3.8) is 0 Å². The Kier molecular flexibility index (Phi) is 3.36. The third kappa shape index (κ3) is 3.13. The second kappa shape index (κ2) is 4.95. The first-order valence-corrected chi connectivity index (χ1v) is 5.65. The summed E-state index contributed by atoms with van der Waals surface area (Å²) < 4.78 is 0. The first kappa shape index (κ1) is 12.2. The summed E-state index contributed by atoms with van der Waals surface area (Å²) in [7, 11) is 0. The summed E-state index contributed by atoms with van der Waals surface area (Å²) in [6, 6.07) is 5.56. The number of carbonyl (C=O) groups is 2. The molecule has 0 heterocycles. The molecule has 6 heteroatoms. The van der Waals surface area contributed by atoms with Gasteiger partial charge in [0.1, 0.15) is 12.3 Å². The fraction of sp³-hybridized carbons (Fsp3) is 0.333. The van der Waals surface area contributed by atoms with Crippen molar-refractivity contribution in [1.29, 1.82) is 0 Å². The molecule has 1 aromatic rings. The fourth-order valence-corrected chi connectivity index (χ4v) is 1.53. The summed E-state index contributed by atoms with van der Waals surface area (Å²) in [6.45, 7) is -0.413. The molecule has 2 amide bonds. The number of aliphatic carboxylic acids is 1. The van der Waals surface area contributed by atoms with E-state index in [9.17, 15) is 14.7 Å². The van der Waals surface area contributed by atoms with Gasteiger partial charge in [-0.15, -0.1) is 0 Å². The van der Waals surface area contributed by atoms with E-state index in [1.807, 2.05) is 0 Å². The van der Waals surface area contributed by atoms with Crippen LogP contribution < -0.4 is 10.2 Å². The Labute approximate surface area is 104 Å². The second-order valence-electron chi connectivity index (χ2n) is 4.22. The Balaban J connectivity index is 2.14. The first-order chi connectivity index (χ1) is 8.56. The average molecular weight is 250 g/mol. The Morgan fingerprint density at radius 3 is 2.39 bits per heavy atom. The smallest absolute Gasteiger partial charge is 0.323 e. The van der Waals surface area contributed by atoms with Crippen LogP contribution in [0.1, 0.15) is 12.8 Å². The molecule has 1 saturated carbocycles. The Morgan fingerprint density at radius 1 is 1.28 bits per heavy atom. The summed E-state index contributed by atoms with van der Waals surface area (Å²) in [4.78, 5) is 23.8. The zero-order valence-corrected chi connectivity index (χ0v) is 9.67. The van der Waals surface area contributed by atoms with Gasteiger partial charge in [-0.3, -0.25) is 9.69 Å². The topological polar surface area (TPSA) is 89.9 Å². The van der Waals surface area contributed by atoms with Gasteiger partial charge >= 0.3 is 12.0 Å². The first-order valence-electron chi connectivity index (χ1n) is 5.65. The van der Waals surface area contributed by atoms with Gasteiger partial charge < -0.3 is 15.5 Å². The summed E-state index contributed by atoms with van der Waals surface area (Å²) in [5, 5.41) is 20.7. The Hall–Kier alpha value is -2.24. The number of anilines is 1. The number of urea groups is 1. The largest absolute Gasteiger partial charge is 0.508 e. The number of hydrogen-bond acceptors (Lipinski definition) is 3. The molecule has 1 fully saturated rings. The summed E-state index contributed by atoms with van der Waals surface area (Å²) in [5.74, 6) is -1.02. The van der Waals surface area contributed by atoms with E-state index in [2.05, 4.69) is 5.32 Å². The maximum atomic E-state index is 11.9. The van der Waals surface area contributed by atoms with E-state index in [-0.39, 0.29) is 11.8 Å². The monoisotopic (exact) mass is 250 g/mol. The molecular formula is C12H14N2O4. The zero-order chi connectivity index (χ0) is 13.1. The van der Waals surface area contributed by atoms with E-state index < -0.39 is 18.5 Å². The minimum Gasteiger partial charge on any atom is -0.508 e. The van der Waals surface area contributed by atoms with Crippen LogP contribution in [0.5, 0.6) is 5.75 Å². The lowest BCUT2D eigenvalue weighted by atomic mass is 10.3. The number of phenols is 1. The summed E-state index contributed by atoms with van der Waals surface area (Å²) >= 11 is 0. The van der Waals surface area contributed by atoms with Crippen molar-refractivity contribution in [2.45, 2.75) is 18.9 Å². The van der Waals surface area contributed by atoms with E-state index in [0.717, 1.165) is 17.7 Å². The van der Waals surface area contributed by atoms with Crippen LogP contribution in [0.2, 0.25) is 0 Å². The van der Waals surface area contributed by atoms with Gasteiger partial charge in [-0.1, -0.05) is 0 Å². The molecule has 1 aliphatic rings. The molecule has 0 atom stereocenters. The summed E-state index contributed by atoms with van der Waals surface area (Å²) in [6.07, 6.45) is 1.87. The van der Waals surface area contributed by atoms with Crippen molar-refractivity contribution >= 4 is 17.7 Å². The molecule has 1 aliphatic carbocycles. The van der Waals surface area contributed by atoms with Gasteiger partial charge in [-0.05, 0) is 37.1 Å². The number of rotatable bonds is 4. The van der Waals surface area contributed by atoms with Crippen molar-refractivity contribution in [3.8, 4) is 5.75 Å². The normalized spacial score (nSPS) is 14.0. The number of phenolic OH excluding ortho intramolecular Hbond substituents is 1. The molecule has 18 heavy (non-hydrogen) atoms. The molecule has 3 N–H and O–H groups in total. The third-order valence-electron chi connectivity index (χ3n) is 2.60. The minimum absolute atomic E-state index is 0.0663. The van der Waals surface area contributed by atoms with Crippen LogP contribution in [0, 0.1) is 0 Å². The van der Waals surface area contributed by atoms with Crippen molar-refractivity contribution in [3.05, 3.63) is 24.3 Å². The SMILES string of the molecule is O=C(O)CN(C(=O)NC1CC1)c1ccc(O)cc1. The number of carboxylic acids is 1. The van der Waals surface area contributed by atoms with Crippen molar-refractivity contribution < 1.29 is 19.8 Å². The maximum Gasteiger partial charge on any atom is 0.323 e. The van der Waals surface area contributed by atoms with E-state index >= 15 is 0 Å². The molecular weight excluding hydrogens is 236 g/mol. The second-order valence-corrected chi connectivity index (χ2v) is 4.22. The van der Waals surface area contributed by atoms with E-state index in [1.54, 1.807) is 0 Å². The number of nitrogens with zero attached hydrogens (tertiary/aromatic N) is 1. The third-order valence-corrected chi connectivity index (χ3v) is 2.60. The van der Waals surface area contributed by atoms with Gasteiger partial charge in [0.25, 0.3) is 0 Å². The highest BCUT2D eigenvalue weighted by Gasteiger charge is 2.27. The quantitative estimate of drug-likeness (QED) is 0.747. The van der Waals surface area contributed by atoms with Crippen LogP contribution in [0.4, 0.5) is 10.5 Å². The lowest BCUT2D eigenvalue weighted by molar-refractivity contribution is -0.135. The number of hydrogen-bond donors (Lipinski definition) is 3. The number of amides is 2. The highest BCUT2D eigenvalue weighted by molar-refractivity contribution is 5.96. The Morgan fingerprint density at radius 2 is 1.89 bits per heavy atom. The number of aromatic hydroxyl groups is 1. The number of nitrogens with one attached hydrogen (secondary N) is 1. The van der Waals surface area contributed by atoms with Crippen LogP contribution in [0.3, 0.4) is 0 Å². The molecule has 0 bridgehead atoms. The van der Waals surface area contributed by atoms with Gasteiger partial charge in [0.15, 0.2) is 0 Å². The van der Waals surface area contributed by atoms with E-state index in [0.29, 0.717) is 5.69 Å². The maximum absolute atomic E-state index is 11.9. The number of carboxylic acid groups (broad SMARTS) is 1. The van der Waals surface area contributed by atoms with Gasteiger partial charge in [0.05, 0.1) is 0 Å². The number of carbonyl (C=O) groups excluding carboxylic acids is 1. The van der Waals surface area contributed by atoms with Gasteiger partial charge in [0, 0.05) is 11.7 Å². The molecule has 1 aromatic carbocycles. The Bertz CT molecular complexity index is 454. The predicted molar refractivity (Wildman–Crippen MR) is 64.6 cm³/mol. The highest BCUT2D eigenvalue weighted by atomic mass is 16.4. The fourth-order valence-electron chi connectivity index (χ4n) is 1.53. The molecule has 6 nitrogen and oxygen atoms in total. The predicted octanol–water partition coefficient (Wildman–Crippen LogP) is 1.16. The lowest BCUT2D eigenvalue weighted by Gasteiger charge is -2.21. The van der Waals surface area contributed by atoms with Crippen LogP contribution >= 0.6 is 0 Å². The molecule has 0 aromatic heterocycles. The minimum atomic E-state index is -1.09. The standard InChI is InChI=1S/C12H14N2O4/c15-10-5-3-9(4-6-10)14(7-11(16)17)12(18)13-8-1-2-8/h3-6,8,15H,1-2,7H2,(H,13,18)(H,16,17). The van der Waals surface area contributed by atoms with E-state index in [1.165, 1.54) is 24.3 Å². The molecule has 2 rings (SSSR count). The van der Waals surface area contributed by atoms with Crippen LogP contribution in [-0.2, 0) is 4.79 Å². The van der Waals surface area contributed by atoms with E-state index in [4.69, 9.17) is 5.11 Å². The molecule has 0 aliphatic heterocycles. The van der Waals surface area contributed by atoms with Crippen LogP contribution in [0.15, 0.2) is 24.3 Å². The van der Waals surface area contributed by atoms with Crippen LogP contribution in [0.25, 0.3) is 0 Å². The lowest BCUT2D eigenvalue weighted by Crippen LogP contribution is -2.43. The molecule has 0 spiro atoms. The number of benzene rings is 1. The zero-order valence-electron chi connectivity index (χ0n) is 9.67. The van der Waals surface area contributed by atoms with Crippen LogP contribution in [-0.4, -0.2) is 34.8 Å². The van der Waals surface area contributed by atoms with Gasteiger partial charge in [-0.25, -0.2) is 4.79 Å². The van der Waals surface area contributed by atoms with Crippen molar-refractivity contribution in [2.75, 3.05) is 11.4 Å². The highest BCUT2D eigenvalue weighted by Crippen LogP contribution is 2.22. The van der Waals surface area contributed by atoms with Crippen molar-refractivity contribution in [2.24, 2.45) is 0 Å². The summed E-state index contributed by atoms with van der Waals surface area (Å²) in [5.41, 5.74) is 0.438.